The Labute approximate surface area is 160 Å². The number of amides is 2. The van der Waals surface area contributed by atoms with Crippen LogP contribution in [0.1, 0.15) is 11.1 Å². The van der Waals surface area contributed by atoms with Crippen LogP contribution in [0.25, 0.3) is 0 Å². The Balaban J connectivity index is 1.60. The molecule has 0 bridgehead atoms. The van der Waals surface area contributed by atoms with Gasteiger partial charge in [0.05, 0.1) is 18.4 Å². The van der Waals surface area contributed by atoms with E-state index in [1.807, 2.05) is 0 Å². The van der Waals surface area contributed by atoms with E-state index in [-0.39, 0.29) is 19.6 Å². The van der Waals surface area contributed by atoms with Gasteiger partial charge in [0.25, 0.3) is 0 Å². The van der Waals surface area contributed by atoms with Crippen LogP contribution in [0.2, 0.25) is 0 Å². The van der Waals surface area contributed by atoms with Gasteiger partial charge in [0.15, 0.2) is 0 Å². The minimum atomic E-state index is -4.59. The van der Waals surface area contributed by atoms with E-state index in [0.717, 1.165) is 10.5 Å². The van der Waals surface area contributed by atoms with Gasteiger partial charge in [0.1, 0.15) is 6.04 Å². The van der Waals surface area contributed by atoms with Crippen LogP contribution in [0.15, 0.2) is 60.7 Å². The summed E-state index contributed by atoms with van der Waals surface area (Å²) in [6, 6.07) is 15.7. The summed E-state index contributed by atoms with van der Waals surface area (Å²) in [6.07, 6.45) is -4.59. The Morgan fingerprint density at radius 3 is 1.89 bits per heavy atom. The van der Waals surface area contributed by atoms with Gasteiger partial charge in [-0.3, -0.25) is 19.4 Å². The number of fused-ring (bicyclic) bond motifs is 1. The third-order valence-electron chi connectivity index (χ3n) is 5.48. The standard InChI is InChI=1S/C21H19F3N2O2/c22-21(23,24)18-17-16(13-25(18)11-14-7-3-1-4-8-14)19(27)26(20(17)28)12-15-9-5-2-6-10-15/h1-10,16-18H,11-13H2/t16-,17-,18-/m0/s1. The molecule has 2 fully saturated rings. The molecule has 2 saturated heterocycles. The van der Waals surface area contributed by atoms with Gasteiger partial charge in [-0.1, -0.05) is 60.7 Å². The van der Waals surface area contributed by atoms with E-state index in [1.54, 1.807) is 60.7 Å². The Kier molecular flexibility index (Phi) is 4.71. The summed E-state index contributed by atoms with van der Waals surface area (Å²) < 4.78 is 41.6. The van der Waals surface area contributed by atoms with Crippen LogP contribution in [0, 0.1) is 11.8 Å². The third kappa shape index (κ3) is 3.30. The maximum Gasteiger partial charge on any atom is 0.404 e. The molecule has 2 aromatic carbocycles. The third-order valence-corrected chi connectivity index (χ3v) is 5.48. The van der Waals surface area contributed by atoms with E-state index >= 15 is 0 Å². The lowest BCUT2D eigenvalue weighted by atomic mass is 9.92. The Morgan fingerprint density at radius 2 is 1.36 bits per heavy atom. The SMILES string of the molecule is O=C1[C@H]2[C@H](CN(Cc3ccccc3)[C@@H]2C(F)(F)F)C(=O)N1Cc1ccccc1. The number of alkyl halides is 3. The lowest BCUT2D eigenvalue weighted by molar-refractivity contribution is -0.190. The van der Waals surface area contributed by atoms with Crippen molar-refractivity contribution < 1.29 is 22.8 Å². The van der Waals surface area contributed by atoms with Crippen LogP contribution in [-0.2, 0) is 22.7 Å². The van der Waals surface area contributed by atoms with Crippen molar-refractivity contribution in [3.05, 3.63) is 71.8 Å². The molecule has 0 aliphatic carbocycles. The summed E-state index contributed by atoms with van der Waals surface area (Å²) in [5.74, 6) is -3.56. The van der Waals surface area contributed by atoms with Crippen LogP contribution < -0.4 is 0 Å². The molecule has 0 radical (unpaired) electrons. The van der Waals surface area contributed by atoms with Crippen molar-refractivity contribution in [1.82, 2.24) is 9.80 Å². The molecular weight excluding hydrogens is 369 g/mol. The highest BCUT2D eigenvalue weighted by Gasteiger charge is 2.64. The minimum absolute atomic E-state index is 0.00870. The number of nitrogens with zero attached hydrogens (tertiary/aromatic N) is 2. The second-order valence-electron chi connectivity index (χ2n) is 7.28. The topological polar surface area (TPSA) is 40.6 Å². The molecule has 7 heteroatoms. The quantitative estimate of drug-likeness (QED) is 0.755. The summed E-state index contributed by atoms with van der Waals surface area (Å²) in [5.41, 5.74) is 1.44. The van der Waals surface area contributed by atoms with Crippen molar-refractivity contribution in [1.29, 1.82) is 0 Å². The fraction of sp³-hybridized carbons (Fsp3) is 0.333. The smallest absolute Gasteiger partial charge is 0.286 e. The van der Waals surface area contributed by atoms with E-state index in [0.29, 0.717) is 5.56 Å². The van der Waals surface area contributed by atoms with Crippen LogP contribution in [0.4, 0.5) is 13.2 Å². The highest BCUT2D eigenvalue weighted by molar-refractivity contribution is 6.06. The molecule has 4 rings (SSSR count). The predicted octanol–water partition coefficient (Wildman–Crippen LogP) is 3.23. The average Bonchev–Trinajstić information content (AvgIpc) is 3.15. The molecule has 2 heterocycles. The van der Waals surface area contributed by atoms with E-state index in [1.165, 1.54) is 4.90 Å². The predicted molar refractivity (Wildman–Crippen MR) is 95.7 cm³/mol. The first-order chi connectivity index (χ1) is 13.4. The number of halogens is 3. The van der Waals surface area contributed by atoms with Gasteiger partial charge >= 0.3 is 6.18 Å². The second kappa shape index (κ2) is 7.05. The molecule has 146 valence electrons. The highest BCUT2D eigenvalue weighted by Crippen LogP contribution is 2.45. The molecule has 2 aliphatic rings. The fourth-order valence-electron chi connectivity index (χ4n) is 4.27. The first-order valence-corrected chi connectivity index (χ1v) is 9.10. The molecule has 3 atom stereocenters. The maximum atomic E-state index is 13.9. The van der Waals surface area contributed by atoms with E-state index in [4.69, 9.17) is 0 Å². The summed E-state index contributed by atoms with van der Waals surface area (Å²) in [7, 11) is 0. The van der Waals surface area contributed by atoms with Crippen LogP contribution in [0.5, 0.6) is 0 Å². The van der Waals surface area contributed by atoms with Crippen LogP contribution in [0.3, 0.4) is 0 Å². The van der Waals surface area contributed by atoms with Crippen LogP contribution in [-0.4, -0.2) is 40.4 Å². The molecule has 0 N–H and O–H groups in total. The lowest BCUT2D eigenvalue weighted by Crippen LogP contribution is -2.48. The number of hydrogen-bond donors (Lipinski definition) is 0. The van der Waals surface area contributed by atoms with Crippen molar-refractivity contribution in [3.63, 3.8) is 0 Å². The number of rotatable bonds is 4. The molecule has 4 nitrogen and oxygen atoms in total. The number of carbonyl (C=O) groups excluding carboxylic acids is 2. The van der Waals surface area contributed by atoms with Gasteiger partial charge in [-0.25, -0.2) is 0 Å². The number of carbonyl (C=O) groups is 2. The lowest BCUT2D eigenvalue weighted by Gasteiger charge is -2.30. The molecular formula is C21H19F3N2O2. The van der Waals surface area contributed by atoms with E-state index < -0.39 is 35.9 Å². The molecule has 0 unspecified atom stereocenters. The van der Waals surface area contributed by atoms with Crippen molar-refractivity contribution in [2.45, 2.75) is 25.3 Å². The monoisotopic (exact) mass is 388 g/mol. The van der Waals surface area contributed by atoms with Gasteiger partial charge in [-0.2, -0.15) is 13.2 Å². The maximum absolute atomic E-state index is 13.9. The van der Waals surface area contributed by atoms with Gasteiger partial charge in [0, 0.05) is 13.1 Å². The summed E-state index contributed by atoms with van der Waals surface area (Å²) in [6.45, 7) is -0.00830. The summed E-state index contributed by atoms with van der Waals surface area (Å²) >= 11 is 0. The zero-order valence-electron chi connectivity index (χ0n) is 15.0. The first-order valence-electron chi connectivity index (χ1n) is 9.10. The van der Waals surface area contributed by atoms with Crippen molar-refractivity contribution in [2.24, 2.45) is 11.8 Å². The number of imide groups is 1. The second-order valence-corrected chi connectivity index (χ2v) is 7.28. The molecule has 2 aromatic rings. The first kappa shape index (κ1) is 18.7. The number of hydrogen-bond acceptors (Lipinski definition) is 3. The van der Waals surface area contributed by atoms with E-state index in [2.05, 4.69) is 0 Å². The van der Waals surface area contributed by atoms with Gasteiger partial charge in [0.2, 0.25) is 11.8 Å². The van der Waals surface area contributed by atoms with Crippen molar-refractivity contribution >= 4 is 11.8 Å². The van der Waals surface area contributed by atoms with Gasteiger partial charge in [-0.15, -0.1) is 0 Å². The highest BCUT2D eigenvalue weighted by atomic mass is 19.4. The van der Waals surface area contributed by atoms with Gasteiger partial charge < -0.3 is 0 Å². The number of benzene rings is 2. The molecule has 0 aromatic heterocycles. The average molecular weight is 388 g/mol. The minimum Gasteiger partial charge on any atom is -0.286 e. The Hall–Kier alpha value is -2.67. The zero-order valence-corrected chi connectivity index (χ0v) is 15.0. The molecule has 2 aliphatic heterocycles. The Morgan fingerprint density at radius 1 is 0.821 bits per heavy atom. The zero-order chi connectivity index (χ0) is 19.9. The van der Waals surface area contributed by atoms with Gasteiger partial charge in [-0.05, 0) is 11.1 Å². The summed E-state index contributed by atoms with van der Waals surface area (Å²) in [4.78, 5) is 27.8. The van der Waals surface area contributed by atoms with Crippen molar-refractivity contribution in [2.75, 3.05) is 6.54 Å². The molecule has 28 heavy (non-hydrogen) atoms. The van der Waals surface area contributed by atoms with E-state index in [9.17, 15) is 22.8 Å². The fourth-order valence-corrected chi connectivity index (χ4v) is 4.27. The van der Waals surface area contributed by atoms with Crippen molar-refractivity contribution in [3.8, 4) is 0 Å². The van der Waals surface area contributed by atoms with Crippen LogP contribution >= 0.6 is 0 Å². The normalized spacial score (nSPS) is 25.4. The molecule has 0 spiro atoms. The number of likely N-dealkylation sites (tertiary alicyclic amines) is 2. The summed E-state index contributed by atoms with van der Waals surface area (Å²) in [5, 5.41) is 0. The molecule has 2 amide bonds. The largest absolute Gasteiger partial charge is 0.404 e. The molecule has 0 saturated carbocycles. The Bertz CT molecular complexity index is 870.